The van der Waals surface area contributed by atoms with Crippen molar-refractivity contribution in [1.29, 1.82) is 0 Å². The van der Waals surface area contributed by atoms with Crippen LogP contribution in [-0.2, 0) is 17.3 Å². The molecule has 0 bridgehead atoms. The average Bonchev–Trinajstić information content (AvgIpc) is 2.87. The number of ether oxygens (including phenoxy) is 1. The topological polar surface area (TPSA) is 37.9 Å². The molecule has 1 N–H and O–H groups in total. The number of nitrogens with one attached hydrogen (secondary N) is 1. The molecule has 0 aliphatic carbocycles. The number of alkyl halides is 3. The monoisotopic (exact) mass is 298 g/mol. The smallest absolute Gasteiger partial charge is 0.378 e. The van der Waals surface area contributed by atoms with Gasteiger partial charge >= 0.3 is 6.18 Å². The molecule has 114 valence electrons. The molecule has 3 rings (SSSR count). The van der Waals surface area contributed by atoms with Gasteiger partial charge in [0.05, 0.1) is 22.7 Å². The minimum absolute atomic E-state index is 0.248. The Kier molecular flexibility index (Phi) is 3.89. The number of imidazole rings is 1. The zero-order valence-corrected chi connectivity index (χ0v) is 11.5. The molecule has 0 spiro atoms. The fourth-order valence-electron chi connectivity index (χ4n) is 2.69. The maximum atomic E-state index is 12.7. The normalized spacial score (nSPS) is 20.0. The summed E-state index contributed by atoms with van der Waals surface area (Å²) in [5, 5.41) is 0. The molecule has 0 saturated carbocycles. The molecular formula is C15H17F3N2O. The molecule has 6 heteroatoms. The zero-order valence-electron chi connectivity index (χ0n) is 11.5. The van der Waals surface area contributed by atoms with Gasteiger partial charge in [0, 0.05) is 13.0 Å². The van der Waals surface area contributed by atoms with Crippen LogP contribution in [-0.4, -0.2) is 22.7 Å². The summed E-state index contributed by atoms with van der Waals surface area (Å²) in [5.41, 5.74) is 0.354. The molecule has 1 saturated heterocycles. The predicted molar refractivity (Wildman–Crippen MR) is 73.0 cm³/mol. The molecule has 2 heterocycles. The lowest BCUT2D eigenvalue weighted by Gasteiger charge is -2.21. The number of benzene rings is 1. The van der Waals surface area contributed by atoms with Gasteiger partial charge in [0.25, 0.3) is 0 Å². The summed E-state index contributed by atoms with van der Waals surface area (Å²) in [6, 6.07) is 3.59. The second-order valence-electron chi connectivity index (χ2n) is 5.44. The lowest BCUT2D eigenvalue weighted by atomic mass is 10.0. The second kappa shape index (κ2) is 5.67. The van der Waals surface area contributed by atoms with Gasteiger partial charge in [0.2, 0.25) is 0 Å². The van der Waals surface area contributed by atoms with Crippen LogP contribution in [0.1, 0.15) is 37.1 Å². The standard InChI is InChI=1S/C15H17F3N2O/c16-15(17,18)10-4-6-12-13(9-10)20-14(19-12)7-5-11-3-1-2-8-21-11/h4,6,9,11H,1-3,5,7-8H2,(H,19,20). The maximum absolute atomic E-state index is 12.7. The Hall–Kier alpha value is -1.56. The Bertz CT molecular complexity index is 615. The molecule has 1 atom stereocenters. The Morgan fingerprint density at radius 2 is 2.14 bits per heavy atom. The van der Waals surface area contributed by atoms with Gasteiger partial charge < -0.3 is 9.72 Å². The third-order valence-electron chi connectivity index (χ3n) is 3.84. The summed E-state index contributed by atoms with van der Waals surface area (Å²) < 4.78 is 43.6. The highest BCUT2D eigenvalue weighted by Crippen LogP contribution is 2.31. The molecule has 0 radical (unpaired) electrons. The molecule has 1 aliphatic heterocycles. The first-order valence-corrected chi connectivity index (χ1v) is 7.20. The molecule has 3 nitrogen and oxygen atoms in total. The van der Waals surface area contributed by atoms with E-state index in [0.717, 1.165) is 43.8 Å². The molecule has 1 aliphatic rings. The van der Waals surface area contributed by atoms with Gasteiger partial charge in [0.1, 0.15) is 5.82 Å². The summed E-state index contributed by atoms with van der Waals surface area (Å²) >= 11 is 0. The van der Waals surface area contributed by atoms with E-state index in [1.165, 1.54) is 12.5 Å². The van der Waals surface area contributed by atoms with Crippen LogP contribution in [0.2, 0.25) is 0 Å². The number of fused-ring (bicyclic) bond motifs is 1. The van der Waals surface area contributed by atoms with E-state index in [0.29, 0.717) is 17.5 Å². The average molecular weight is 298 g/mol. The number of aromatic amines is 1. The van der Waals surface area contributed by atoms with Gasteiger partial charge in [-0.2, -0.15) is 13.2 Å². The molecule has 2 aromatic rings. The lowest BCUT2D eigenvalue weighted by Crippen LogP contribution is -2.19. The van der Waals surface area contributed by atoms with Gasteiger partial charge in [-0.05, 0) is 43.9 Å². The molecule has 1 unspecified atom stereocenters. The second-order valence-corrected chi connectivity index (χ2v) is 5.44. The van der Waals surface area contributed by atoms with E-state index in [4.69, 9.17) is 4.74 Å². The summed E-state index contributed by atoms with van der Waals surface area (Å²) in [7, 11) is 0. The van der Waals surface area contributed by atoms with Gasteiger partial charge in [-0.1, -0.05) is 0 Å². The van der Waals surface area contributed by atoms with Gasteiger partial charge in [-0.25, -0.2) is 4.98 Å². The summed E-state index contributed by atoms with van der Waals surface area (Å²) in [5.74, 6) is 0.721. The number of aromatic nitrogens is 2. The minimum Gasteiger partial charge on any atom is -0.378 e. The molecular weight excluding hydrogens is 281 g/mol. The van der Waals surface area contributed by atoms with Crippen LogP contribution >= 0.6 is 0 Å². The van der Waals surface area contributed by atoms with Crippen LogP contribution in [0.15, 0.2) is 18.2 Å². The number of H-pyrrole nitrogens is 1. The van der Waals surface area contributed by atoms with Crippen molar-refractivity contribution in [3.8, 4) is 0 Å². The maximum Gasteiger partial charge on any atom is 0.416 e. The van der Waals surface area contributed by atoms with Crippen LogP contribution < -0.4 is 0 Å². The van der Waals surface area contributed by atoms with Crippen molar-refractivity contribution in [3.05, 3.63) is 29.6 Å². The van der Waals surface area contributed by atoms with E-state index in [1.54, 1.807) is 0 Å². The zero-order chi connectivity index (χ0) is 14.9. The van der Waals surface area contributed by atoms with Gasteiger partial charge in [0.15, 0.2) is 0 Å². The minimum atomic E-state index is -4.32. The van der Waals surface area contributed by atoms with Crippen LogP contribution in [0.5, 0.6) is 0 Å². The van der Waals surface area contributed by atoms with Crippen LogP contribution in [0.3, 0.4) is 0 Å². The number of aryl methyl sites for hydroxylation is 1. The predicted octanol–water partition coefficient (Wildman–Crippen LogP) is 4.08. The first-order valence-electron chi connectivity index (χ1n) is 7.20. The van der Waals surface area contributed by atoms with Crippen molar-refractivity contribution in [1.82, 2.24) is 9.97 Å². The molecule has 1 aromatic heterocycles. The quantitative estimate of drug-likeness (QED) is 0.927. The number of hydrogen-bond donors (Lipinski definition) is 1. The summed E-state index contributed by atoms with van der Waals surface area (Å²) in [4.78, 5) is 7.32. The first-order chi connectivity index (χ1) is 10.0. The van der Waals surface area contributed by atoms with Crippen LogP contribution in [0, 0.1) is 0 Å². The Balaban J connectivity index is 1.71. The van der Waals surface area contributed by atoms with E-state index >= 15 is 0 Å². The van der Waals surface area contributed by atoms with E-state index in [1.807, 2.05) is 0 Å². The van der Waals surface area contributed by atoms with Crippen molar-refractivity contribution < 1.29 is 17.9 Å². The highest BCUT2D eigenvalue weighted by molar-refractivity contribution is 5.76. The van der Waals surface area contributed by atoms with Crippen LogP contribution in [0.25, 0.3) is 11.0 Å². The third-order valence-corrected chi connectivity index (χ3v) is 3.84. The van der Waals surface area contributed by atoms with Crippen molar-refractivity contribution in [2.75, 3.05) is 6.61 Å². The number of halogens is 3. The van der Waals surface area contributed by atoms with E-state index in [-0.39, 0.29) is 6.10 Å². The van der Waals surface area contributed by atoms with Gasteiger partial charge in [-0.3, -0.25) is 0 Å². The van der Waals surface area contributed by atoms with Crippen molar-refractivity contribution in [2.24, 2.45) is 0 Å². The Morgan fingerprint density at radius 3 is 2.86 bits per heavy atom. The first kappa shape index (κ1) is 14.4. The Morgan fingerprint density at radius 1 is 1.29 bits per heavy atom. The molecule has 1 aromatic carbocycles. The fraction of sp³-hybridized carbons (Fsp3) is 0.533. The van der Waals surface area contributed by atoms with E-state index in [9.17, 15) is 13.2 Å². The highest BCUT2D eigenvalue weighted by Gasteiger charge is 2.30. The molecule has 1 fully saturated rings. The SMILES string of the molecule is FC(F)(F)c1ccc2nc(CCC3CCCCO3)[nH]c2c1. The molecule has 0 amide bonds. The molecule has 21 heavy (non-hydrogen) atoms. The lowest BCUT2D eigenvalue weighted by molar-refractivity contribution is -0.137. The Labute approximate surface area is 120 Å². The van der Waals surface area contributed by atoms with Crippen molar-refractivity contribution in [3.63, 3.8) is 0 Å². The van der Waals surface area contributed by atoms with E-state index < -0.39 is 11.7 Å². The van der Waals surface area contributed by atoms with E-state index in [2.05, 4.69) is 9.97 Å². The number of hydrogen-bond acceptors (Lipinski definition) is 2. The number of nitrogens with zero attached hydrogens (tertiary/aromatic N) is 1. The largest absolute Gasteiger partial charge is 0.416 e. The van der Waals surface area contributed by atoms with Crippen molar-refractivity contribution >= 4 is 11.0 Å². The third kappa shape index (κ3) is 3.37. The highest BCUT2D eigenvalue weighted by atomic mass is 19.4. The van der Waals surface area contributed by atoms with Crippen molar-refractivity contribution in [2.45, 2.75) is 44.4 Å². The summed E-state index contributed by atoms with van der Waals surface area (Å²) in [6.07, 6.45) is 0.819. The van der Waals surface area contributed by atoms with Gasteiger partial charge in [-0.15, -0.1) is 0 Å². The fourth-order valence-corrected chi connectivity index (χ4v) is 2.69. The van der Waals surface area contributed by atoms with Crippen LogP contribution in [0.4, 0.5) is 13.2 Å². The summed E-state index contributed by atoms with van der Waals surface area (Å²) in [6.45, 7) is 0.805. The number of rotatable bonds is 3.